The van der Waals surface area contributed by atoms with E-state index in [4.69, 9.17) is 10.2 Å². The molecule has 124 valence electrons. The van der Waals surface area contributed by atoms with Gasteiger partial charge in [0.15, 0.2) is 0 Å². The average Bonchev–Trinajstić information content (AvgIpc) is 2.89. The molecule has 0 unspecified atom stereocenters. The van der Waals surface area contributed by atoms with E-state index in [9.17, 15) is 4.79 Å². The largest absolute Gasteiger partial charge is 0.331 e. The lowest BCUT2D eigenvalue weighted by molar-refractivity contribution is -0.124. The standard InChI is InChI=1S/C17H24N4O2/c1-4-21(5-2)11-10-16-18-14-12-13(7-9-17(22)19-23)6-8-15(14)20(16)3/h6-9,12,23H,4-5,10-11H2,1-3H3,(H,19,22). The number of aryl methyl sites for hydroxylation is 1. The monoisotopic (exact) mass is 316 g/mol. The summed E-state index contributed by atoms with van der Waals surface area (Å²) in [6, 6.07) is 5.87. The number of hydrogen-bond donors (Lipinski definition) is 2. The Hall–Kier alpha value is -2.18. The van der Waals surface area contributed by atoms with Crippen molar-refractivity contribution in [3.05, 3.63) is 35.7 Å². The highest BCUT2D eigenvalue weighted by Gasteiger charge is 2.09. The summed E-state index contributed by atoms with van der Waals surface area (Å²) < 4.78 is 2.12. The summed E-state index contributed by atoms with van der Waals surface area (Å²) in [6.07, 6.45) is 3.84. The minimum Gasteiger partial charge on any atom is -0.331 e. The molecule has 2 rings (SSSR count). The molecule has 2 aromatic rings. The molecule has 0 bridgehead atoms. The number of nitrogens with one attached hydrogen (secondary N) is 1. The number of hydrogen-bond acceptors (Lipinski definition) is 4. The highest BCUT2D eigenvalue weighted by molar-refractivity contribution is 5.91. The van der Waals surface area contributed by atoms with Gasteiger partial charge in [0.1, 0.15) is 5.82 Å². The Morgan fingerprint density at radius 2 is 2.13 bits per heavy atom. The number of amides is 1. The van der Waals surface area contributed by atoms with Gasteiger partial charge in [-0.3, -0.25) is 10.0 Å². The van der Waals surface area contributed by atoms with E-state index < -0.39 is 5.91 Å². The summed E-state index contributed by atoms with van der Waals surface area (Å²) in [5.74, 6) is 0.507. The van der Waals surface area contributed by atoms with Gasteiger partial charge < -0.3 is 9.47 Å². The van der Waals surface area contributed by atoms with Crippen LogP contribution in [-0.4, -0.2) is 45.2 Å². The molecule has 0 saturated carbocycles. The van der Waals surface area contributed by atoms with Crippen LogP contribution in [0.5, 0.6) is 0 Å². The van der Waals surface area contributed by atoms with Crippen molar-refractivity contribution in [2.45, 2.75) is 20.3 Å². The van der Waals surface area contributed by atoms with Crippen molar-refractivity contribution in [1.29, 1.82) is 0 Å². The molecule has 23 heavy (non-hydrogen) atoms. The molecule has 1 aromatic carbocycles. The Bertz CT molecular complexity index is 702. The Kier molecular flexibility index (Phi) is 5.90. The lowest BCUT2D eigenvalue weighted by Gasteiger charge is -2.17. The zero-order chi connectivity index (χ0) is 16.8. The van der Waals surface area contributed by atoms with Crippen molar-refractivity contribution >= 4 is 23.0 Å². The van der Waals surface area contributed by atoms with Gasteiger partial charge in [-0.1, -0.05) is 19.9 Å². The summed E-state index contributed by atoms with van der Waals surface area (Å²) in [5, 5.41) is 8.50. The maximum atomic E-state index is 11.0. The van der Waals surface area contributed by atoms with Gasteiger partial charge in [-0.25, -0.2) is 10.5 Å². The molecule has 2 N–H and O–H groups in total. The smallest absolute Gasteiger partial charge is 0.267 e. The van der Waals surface area contributed by atoms with E-state index >= 15 is 0 Å². The molecule has 6 heteroatoms. The first-order valence-electron chi connectivity index (χ1n) is 7.88. The quantitative estimate of drug-likeness (QED) is 0.465. The first-order chi connectivity index (χ1) is 11.1. The second-order valence-electron chi connectivity index (χ2n) is 5.42. The number of imidazole rings is 1. The van der Waals surface area contributed by atoms with E-state index in [1.807, 2.05) is 25.2 Å². The van der Waals surface area contributed by atoms with Crippen molar-refractivity contribution in [2.75, 3.05) is 19.6 Å². The molecule has 0 spiro atoms. The van der Waals surface area contributed by atoms with Crippen molar-refractivity contribution < 1.29 is 10.0 Å². The molecule has 0 saturated heterocycles. The van der Waals surface area contributed by atoms with Gasteiger partial charge in [-0.05, 0) is 36.9 Å². The van der Waals surface area contributed by atoms with Crippen LogP contribution in [0.2, 0.25) is 0 Å². The number of aromatic nitrogens is 2. The van der Waals surface area contributed by atoms with Crippen LogP contribution in [0.3, 0.4) is 0 Å². The number of benzene rings is 1. The van der Waals surface area contributed by atoms with Gasteiger partial charge in [0, 0.05) is 26.1 Å². The number of rotatable bonds is 7. The summed E-state index contributed by atoms with van der Waals surface area (Å²) >= 11 is 0. The second kappa shape index (κ2) is 7.89. The van der Waals surface area contributed by atoms with Gasteiger partial charge in [0.05, 0.1) is 11.0 Å². The molecule has 0 atom stereocenters. The summed E-state index contributed by atoms with van der Waals surface area (Å²) in [7, 11) is 2.03. The fourth-order valence-electron chi connectivity index (χ4n) is 2.60. The van der Waals surface area contributed by atoms with E-state index in [1.54, 1.807) is 11.6 Å². The molecule has 0 radical (unpaired) electrons. The molecule has 1 aromatic heterocycles. The van der Waals surface area contributed by atoms with Crippen molar-refractivity contribution in [1.82, 2.24) is 19.9 Å². The summed E-state index contributed by atoms with van der Waals surface area (Å²) in [5.41, 5.74) is 4.43. The van der Waals surface area contributed by atoms with Gasteiger partial charge in [-0.15, -0.1) is 0 Å². The Labute approximate surface area is 136 Å². The number of carbonyl (C=O) groups is 1. The number of fused-ring (bicyclic) bond motifs is 1. The van der Waals surface area contributed by atoms with E-state index in [1.165, 1.54) is 6.08 Å². The molecular weight excluding hydrogens is 292 g/mol. The molecule has 6 nitrogen and oxygen atoms in total. The summed E-state index contributed by atoms with van der Waals surface area (Å²) in [6.45, 7) is 7.41. The first kappa shape index (κ1) is 17.2. The predicted octanol–water partition coefficient (Wildman–Crippen LogP) is 1.98. The molecule has 1 heterocycles. The number of nitrogens with zero attached hydrogens (tertiary/aromatic N) is 3. The van der Waals surface area contributed by atoms with Gasteiger partial charge in [0.2, 0.25) is 0 Å². The van der Waals surface area contributed by atoms with Crippen LogP contribution >= 0.6 is 0 Å². The van der Waals surface area contributed by atoms with Crippen LogP contribution in [0.15, 0.2) is 24.3 Å². The van der Waals surface area contributed by atoms with Crippen molar-refractivity contribution in [3.8, 4) is 0 Å². The fourth-order valence-corrected chi connectivity index (χ4v) is 2.60. The third-order valence-corrected chi connectivity index (χ3v) is 4.08. The van der Waals surface area contributed by atoms with Gasteiger partial charge in [-0.2, -0.15) is 0 Å². The third kappa shape index (κ3) is 4.18. The second-order valence-corrected chi connectivity index (χ2v) is 5.42. The number of likely N-dealkylation sites (N-methyl/N-ethyl adjacent to an activating group) is 1. The minimum absolute atomic E-state index is 0.550. The average molecular weight is 316 g/mol. The number of hydroxylamine groups is 1. The normalized spacial score (nSPS) is 11.7. The molecule has 1 amide bonds. The number of carbonyl (C=O) groups excluding carboxylic acids is 1. The Morgan fingerprint density at radius 3 is 2.78 bits per heavy atom. The zero-order valence-corrected chi connectivity index (χ0v) is 13.9. The van der Waals surface area contributed by atoms with Crippen molar-refractivity contribution in [2.24, 2.45) is 7.05 Å². The van der Waals surface area contributed by atoms with Crippen molar-refractivity contribution in [3.63, 3.8) is 0 Å². The van der Waals surface area contributed by atoms with Crippen LogP contribution in [0.1, 0.15) is 25.2 Å². The first-order valence-corrected chi connectivity index (χ1v) is 7.88. The SMILES string of the molecule is CCN(CC)CCc1nc2cc(C=CC(=O)NO)ccc2n1C. The van der Waals surface area contributed by atoms with E-state index in [0.717, 1.165) is 48.5 Å². The minimum atomic E-state index is -0.550. The molecular formula is C17H24N4O2. The maximum Gasteiger partial charge on any atom is 0.267 e. The highest BCUT2D eigenvalue weighted by Crippen LogP contribution is 2.18. The van der Waals surface area contributed by atoms with Crippen LogP contribution in [0.4, 0.5) is 0 Å². The van der Waals surface area contributed by atoms with E-state index in [-0.39, 0.29) is 0 Å². The fraction of sp³-hybridized carbons (Fsp3) is 0.412. The zero-order valence-electron chi connectivity index (χ0n) is 13.9. The predicted molar refractivity (Wildman–Crippen MR) is 91.2 cm³/mol. The highest BCUT2D eigenvalue weighted by atomic mass is 16.5. The van der Waals surface area contributed by atoms with Crippen LogP contribution < -0.4 is 5.48 Å². The lowest BCUT2D eigenvalue weighted by atomic mass is 10.2. The topological polar surface area (TPSA) is 70.4 Å². The lowest BCUT2D eigenvalue weighted by Crippen LogP contribution is -2.26. The Morgan fingerprint density at radius 1 is 1.39 bits per heavy atom. The Balaban J connectivity index is 2.20. The van der Waals surface area contributed by atoms with Crippen LogP contribution in [-0.2, 0) is 18.3 Å². The van der Waals surface area contributed by atoms with Crippen LogP contribution in [0, 0.1) is 0 Å². The third-order valence-electron chi connectivity index (χ3n) is 4.08. The van der Waals surface area contributed by atoms with E-state index in [2.05, 4.69) is 23.3 Å². The molecule has 0 aliphatic rings. The molecule has 0 aliphatic heterocycles. The maximum absolute atomic E-state index is 11.0. The molecule has 0 fully saturated rings. The van der Waals surface area contributed by atoms with Crippen LogP contribution in [0.25, 0.3) is 17.1 Å². The summed E-state index contributed by atoms with van der Waals surface area (Å²) in [4.78, 5) is 18.1. The van der Waals surface area contributed by atoms with Gasteiger partial charge in [0.25, 0.3) is 5.91 Å². The molecule has 0 aliphatic carbocycles. The van der Waals surface area contributed by atoms with E-state index in [0.29, 0.717) is 0 Å². The van der Waals surface area contributed by atoms with Gasteiger partial charge >= 0.3 is 0 Å².